The molecule has 0 aliphatic carbocycles. The van der Waals surface area contributed by atoms with Crippen molar-refractivity contribution < 1.29 is 67.4 Å². The number of nitrogens with two attached hydrogens (primary N) is 1. The van der Waals surface area contributed by atoms with Crippen LogP contribution in [0.4, 0.5) is 11.6 Å². The maximum absolute atomic E-state index is 12.8. The maximum Gasteiger partial charge on any atom is 0.326 e. The topological polar surface area (TPSA) is 344 Å². The molecule has 25 heteroatoms. The molecule has 0 fully saturated rings. The van der Waals surface area contributed by atoms with Crippen molar-refractivity contribution in [3.8, 4) is 0 Å². The van der Waals surface area contributed by atoms with Gasteiger partial charge in [-0.25, -0.2) is 14.8 Å². The Balaban J connectivity index is 0.0000107. The fourth-order valence-electron chi connectivity index (χ4n) is 6.51. The predicted octanol–water partition coefficient (Wildman–Crippen LogP) is 2.87. The van der Waals surface area contributed by atoms with E-state index in [4.69, 9.17) is 34.2 Å². The Labute approximate surface area is 446 Å². The fourth-order valence-corrected chi connectivity index (χ4v) is 6.51. The van der Waals surface area contributed by atoms with Gasteiger partial charge in [0.25, 0.3) is 11.5 Å². The van der Waals surface area contributed by atoms with Crippen molar-refractivity contribution in [3.63, 3.8) is 0 Å². The number of H-pyrrole nitrogens is 1. The zero-order valence-corrected chi connectivity index (χ0v) is 45.6. The van der Waals surface area contributed by atoms with Gasteiger partial charge in [0.1, 0.15) is 17.6 Å². The van der Waals surface area contributed by atoms with Gasteiger partial charge in [-0.15, -0.1) is 0 Å². The Kier molecular flexibility index (Phi) is 39.3. The van der Waals surface area contributed by atoms with E-state index >= 15 is 0 Å². The van der Waals surface area contributed by atoms with E-state index in [2.05, 4.69) is 41.2 Å². The van der Waals surface area contributed by atoms with Crippen LogP contribution in [0.1, 0.15) is 109 Å². The number of Topliss-reactive ketones (excluding diaryl/α,β-unsaturated/α-hetero) is 2. The molecule has 9 N–H and O–H groups in total. The summed E-state index contributed by atoms with van der Waals surface area (Å²) in [4.78, 5) is 100. The molecule has 1 aromatic carbocycles. The first-order valence-electron chi connectivity index (χ1n) is 25.2. The standard InChI is InChI=1S/C46H69N9O15.2C2H6.H2S/c1-3-16-65-22-24-67-20-14-48-38(59)12-18-69-30-46(29-56,26-32(2)57)31-70-19-13-39(60)49-15-21-68-25-23-66-17-4-5-36(58)10-11-37(44(63)64)53-42(61)33-6-8-34(9-7-33)50-27-35-28-51-41-40(52-35)43(62)55-45(47)54-41;2*1-2;/h6-9,28,37,50,56H,3-5,10-27,29-31H2,1-2H3,(H,48,59)(H,49,60)(H,53,61)(H,63,64)(H3,47,51,54,55,62);2*1-2H3;1H2/t37-,46?;;;/m0.../s1. The summed E-state index contributed by atoms with van der Waals surface area (Å²) in [6.07, 6.45) is 2.94. The number of aliphatic hydroxyl groups excluding tert-OH is 1. The first kappa shape index (κ1) is 69.3. The highest BCUT2D eigenvalue weighted by Gasteiger charge is 2.32. The molecule has 2 atom stereocenters. The van der Waals surface area contributed by atoms with Crippen LogP contribution >= 0.6 is 13.5 Å². The molecule has 2 aromatic heterocycles. The molecule has 3 rings (SSSR count). The second-order valence-electron chi connectivity index (χ2n) is 16.3. The normalized spacial score (nSPS) is 11.8. The minimum Gasteiger partial charge on any atom is -0.480 e. The van der Waals surface area contributed by atoms with Gasteiger partial charge in [0, 0.05) is 75.1 Å². The van der Waals surface area contributed by atoms with Gasteiger partial charge in [-0.2, -0.15) is 18.5 Å². The molecule has 0 bridgehead atoms. The summed E-state index contributed by atoms with van der Waals surface area (Å²) in [7, 11) is 0. The van der Waals surface area contributed by atoms with Crippen LogP contribution in [0.3, 0.4) is 0 Å². The molecule has 0 saturated heterocycles. The minimum absolute atomic E-state index is 0. The van der Waals surface area contributed by atoms with Crippen LogP contribution in [0.15, 0.2) is 35.3 Å². The predicted molar refractivity (Wildman–Crippen MR) is 287 cm³/mol. The molecule has 0 aliphatic rings. The molecule has 75 heavy (non-hydrogen) atoms. The maximum atomic E-state index is 12.8. The summed E-state index contributed by atoms with van der Waals surface area (Å²) < 4.78 is 33.0. The minimum atomic E-state index is -1.28. The van der Waals surface area contributed by atoms with E-state index in [1.54, 1.807) is 12.1 Å². The number of carbonyl (C=O) groups is 6. The van der Waals surface area contributed by atoms with Gasteiger partial charge in [0.15, 0.2) is 11.2 Å². The lowest BCUT2D eigenvalue weighted by Crippen LogP contribution is -2.41. The number of fused-ring (bicyclic) bond motifs is 1. The van der Waals surface area contributed by atoms with E-state index < -0.39 is 35.5 Å². The monoisotopic (exact) mass is 1080 g/mol. The molecular weight excluding hydrogens is 999 g/mol. The number of carbonyl (C=O) groups excluding carboxylic acids is 5. The highest BCUT2D eigenvalue weighted by molar-refractivity contribution is 7.59. The number of amides is 3. The summed E-state index contributed by atoms with van der Waals surface area (Å²) in [5, 5.41) is 30.9. The lowest BCUT2D eigenvalue weighted by molar-refractivity contribution is -0.139. The van der Waals surface area contributed by atoms with E-state index in [-0.39, 0.29) is 164 Å². The first-order valence-corrected chi connectivity index (χ1v) is 25.2. The van der Waals surface area contributed by atoms with Crippen molar-refractivity contribution in [1.29, 1.82) is 0 Å². The number of anilines is 2. The molecule has 0 radical (unpaired) electrons. The number of nitrogens with zero attached hydrogens (tertiary/aromatic N) is 3. The molecule has 0 saturated carbocycles. The van der Waals surface area contributed by atoms with Crippen molar-refractivity contribution in [2.75, 3.05) is 110 Å². The highest BCUT2D eigenvalue weighted by atomic mass is 32.1. The summed E-state index contributed by atoms with van der Waals surface area (Å²) in [6.45, 7) is 14.9. The third-order valence-electron chi connectivity index (χ3n) is 10.1. The number of nitrogens with one attached hydrogen (secondary N) is 5. The fraction of sp³-hybridized carbons (Fsp3) is 0.640. The van der Waals surface area contributed by atoms with Crippen molar-refractivity contribution in [1.82, 2.24) is 35.9 Å². The number of aromatic amines is 1. The molecule has 2 heterocycles. The summed E-state index contributed by atoms with van der Waals surface area (Å²) in [5.74, 6) is -2.80. The molecule has 1 unspecified atom stereocenters. The van der Waals surface area contributed by atoms with Crippen LogP contribution in [0.25, 0.3) is 11.2 Å². The van der Waals surface area contributed by atoms with Crippen LogP contribution in [-0.4, -0.2) is 170 Å². The van der Waals surface area contributed by atoms with E-state index in [0.717, 1.165) is 6.42 Å². The molecule has 424 valence electrons. The van der Waals surface area contributed by atoms with Crippen molar-refractivity contribution in [2.45, 2.75) is 105 Å². The Morgan fingerprint density at radius 1 is 0.747 bits per heavy atom. The van der Waals surface area contributed by atoms with Crippen LogP contribution in [0.2, 0.25) is 0 Å². The quantitative estimate of drug-likeness (QED) is 0.0380. The van der Waals surface area contributed by atoms with Crippen LogP contribution in [0.5, 0.6) is 0 Å². The number of benzene rings is 1. The zero-order chi connectivity index (χ0) is 55.0. The Bertz CT molecular complexity index is 2150. The molecular formula is C50H83N9O15S. The number of rotatable bonds is 40. The number of aliphatic carboxylic acids is 1. The highest BCUT2D eigenvalue weighted by Crippen LogP contribution is 2.24. The second-order valence-corrected chi connectivity index (χ2v) is 16.3. The number of ether oxygens (including phenoxy) is 6. The Morgan fingerprint density at radius 2 is 1.31 bits per heavy atom. The number of aliphatic hydroxyl groups is 1. The van der Waals surface area contributed by atoms with E-state index in [1.807, 2.05) is 34.6 Å². The number of carboxylic acids is 1. The molecule has 3 aromatic rings. The van der Waals surface area contributed by atoms with Gasteiger partial charge >= 0.3 is 5.97 Å². The van der Waals surface area contributed by atoms with E-state index in [9.17, 15) is 43.8 Å². The van der Waals surface area contributed by atoms with Gasteiger partial charge in [-0.05, 0) is 50.5 Å². The smallest absolute Gasteiger partial charge is 0.326 e. The number of hydrogen-bond donors (Lipinski definition) is 8. The molecule has 3 amide bonds. The largest absolute Gasteiger partial charge is 0.480 e. The molecule has 0 aliphatic heterocycles. The van der Waals surface area contributed by atoms with Crippen LogP contribution in [-0.2, 0) is 58.9 Å². The Morgan fingerprint density at radius 3 is 1.84 bits per heavy atom. The summed E-state index contributed by atoms with van der Waals surface area (Å²) >= 11 is 0. The van der Waals surface area contributed by atoms with Crippen LogP contribution in [0, 0.1) is 5.41 Å². The average Bonchev–Trinajstić information content (AvgIpc) is 3.39. The number of ketones is 2. The van der Waals surface area contributed by atoms with Gasteiger partial charge in [-0.1, -0.05) is 34.6 Å². The second kappa shape index (κ2) is 42.5. The third-order valence-corrected chi connectivity index (χ3v) is 10.1. The number of nitrogen functional groups attached to an aromatic ring is 1. The molecule has 24 nitrogen and oxygen atoms in total. The van der Waals surface area contributed by atoms with Crippen LogP contribution < -0.4 is 32.6 Å². The number of aromatic nitrogens is 4. The zero-order valence-electron chi connectivity index (χ0n) is 44.6. The van der Waals surface area contributed by atoms with Gasteiger partial charge in [-0.3, -0.25) is 29.0 Å². The Hall–Kier alpha value is -5.67. The van der Waals surface area contributed by atoms with E-state index in [1.165, 1.54) is 25.3 Å². The third kappa shape index (κ3) is 31.1. The van der Waals surface area contributed by atoms with Gasteiger partial charge in [0.2, 0.25) is 17.8 Å². The summed E-state index contributed by atoms with van der Waals surface area (Å²) in [6, 6.07) is 4.99. The molecule has 0 spiro atoms. The van der Waals surface area contributed by atoms with Crippen molar-refractivity contribution in [2.24, 2.45) is 5.41 Å². The van der Waals surface area contributed by atoms with Gasteiger partial charge < -0.3 is 70.4 Å². The average molecular weight is 1080 g/mol. The number of carboxylic acid groups (broad SMARTS) is 1. The van der Waals surface area contributed by atoms with E-state index in [0.29, 0.717) is 50.8 Å². The lowest BCUT2D eigenvalue weighted by atomic mass is 9.85. The lowest BCUT2D eigenvalue weighted by Gasteiger charge is -2.30. The van der Waals surface area contributed by atoms with Crippen molar-refractivity contribution >= 4 is 71.6 Å². The SMILES string of the molecule is CC.CC.CCCOCCOCCNC(=O)CCOCC(CO)(COCCC(=O)NCCOCCOCCCC(=O)CC[C@H](NC(=O)c1ccc(NCc2cnc3nc(N)[nH]c(=O)c3n2)cc1)C(=O)O)CC(C)=O.S. The first-order chi connectivity index (χ1) is 35.7. The number of hydrogen-bond acceptors (Lipinski definition) is 19. The van der Waals surface area contributed by atoms with Crippen molar-refractivity contribution in [3.05, 3.63) is 52.1 Å². The van der Waals surface area contributed by atoms with Gasteiger partial charge in [0.05, 0.1) is 91.1 Å². The summed E-state index contributed by atoms with van der Waals surface area (Å²) in [5.41, 5.74) is 5.45.